The number of ether oxygens (including phenoxy) is 2. The van der Waals surface area contributed by atoms with Gasteiger partial charge in [-0.15, -0.1) is 0 Å². The van der Waals surface area contributed by atoms with E-state index in [0.717, 1.165) is 50.3 Å². The van der Waals surface area contributed by atoms with Gasteiger partial charge in [0.2, 0.25) is 0 Å². The van der Waals surface area contributed by atoms with Crippen LogP contribution >= 0.6 is 0 Å². The van der Waals surface area contributed by atoms with Gasteiger partial charge in [-0.1, -0.05) is 42.8 Å². The van der Waals surface area contributed by atoms with Crippen molar-refractivity contribution in [2.75, 3.05) is 19.7 Å². The zero-order chi connectivity index (χ0) is 23.6. The van der Waals surface area contributed by atoms with Gasteiger partial charge in [-0.25, -0.2) is 0 Å². The third-order valence-electron chi connectivity index (χ3n) is 9.46. The van der Waals surface area contributed by atoms with Gasteiger partial charge in [-0.2, -0.15) is 0 Å². The molecule has 0 radical (unpaired) electrons. The van der Waals surface area contributed by atoms with E-state index >= 15 is 0 Å². The number of piperidine rings is 1. The zero-order valence-electron chi connectivity index (χ0n) is 20.1. The van der Waals surface area contributed by atoms with Crippen LogP contribution in [0.1, 0.15) is 48.8 Å². The fourth-order valence-electron chi connectivity index (χ4n) is 7.64. The van der Waals surface area contributed by atoms with Crippen LogP contribution in [0.3, 0.4) is 0 Å². The van der Waals surface area contributed by atoms with Crippen molar-refractivity contribution in [3.05, 3.63) is 71.3 Å². The summed E-state index contributed by atoms with van der Waals surface area (Å²) in [5.41, 5.74) is 2.35. The van der Waals surface area contributed by atoms with E-state index in [-0.39, 0.29) is 17.6 Å². The monoisotopic (exact) mass is 471 g/mol. The number of phenolic OH excluding ortho intramolecular Hbond substituents is 1. The molecule has 0 amide bonds. The van der Waals surface area contributed by atoms with Gasteiger partial charge in [-0.3, -0.25) is 9.69 Å². The molecule has 2 aromatic carbocycles. The Morgan fingerprint density at radius 1 is 1.14 bits per heavy atom. The second-order valence-corrected chi connectivity index (χ2v) is 11.1. The molecule has 4 atom stereocenters. The van der Waals surface area contributed by atoms with Crippen LogP contribution in [0.5, 0.6) is 11.5 Å². The van der Waals surface area contributed by atoms with Crippen molar-refractivity contribution in [3.8, 4) is 11.5 Å². The first kappa shape index (κ1) is 21.6. The summed E-state index contributed by atoms with van der Waals surface area (Å²) in [6.07, 6.45) is 10.7. The Balaban J connectivity index is 1.29. The van der Waals surface area contributed by atoms with Crippen molar-refractivity contribution < 1.29 is 19.4 Å². The highest BCUT2D eigenvalue weighted by Crippen LogP contribution is 2.64. The molecule has 0 aromatic heterocycles. The molecule has 1 N–H and O–H groups in total. The molecule has 3 aliphatic carbocycles. The molecule has 1 saturated carbocycles. The fourth-order valence-corrected chi connectivity index (χ4v) is 7.64. The molecule has 2 fully saturated rings. The number of likely N-dealkylation sites (tertiary alicyclic amines) is 1. The van der Waals surface area contributed by atoms with Gasteiger partial charge < -0.3 is 14.6 Å². The molecule has 2 aliphatic heterocycles. The first-order chi connectivity index (χ1) is 17.1. The number of nitrogens with zero attached hydrogens (tertiary/aromatic N) is 1. The predicted molar refractivity (Wildman–Crippen MR) is 133 cm³/mol. The average Bonchev–Trinajstić information content (AvgIpc) is 3.20. The number of rotatable bonds is 7. The summed E-state index contributed by atoms with van der Waals surface area (Å²) in [6, 6.07) is 14.5. The molecule has 2 aromatic rings. The Kier molecular flexibility index (Phi) is 4.91. The van der Waals surface area contributed by atoms with E-state index in [9.17, 15) is 9.90 Å². The standard InChI is InChI=1S/C30H33NO4/c32-23-12-11-22-18-25-30(34-17-5-10-20-6-2-1-3-7-20)14-13-24(33)28-29(30,26(22)27(23)35-28)15-16-31(25)19-21-8-4-9-21/h1-3,6-7,11-14,21,25,28,32H,4-5,8-10,15-19H2/t25-,28+,29+,30-/m1/s1. The quantitative estimate of drug-likeness (QED) is 0.609. The largest absolute Gasteiger partial charge is 0.504 e. The molecule has 1 spiro atoms. The second kappa shape index (κ2) is 7.94. The van der Waals surface area contributed by atoms with Gasteiger partial charge in [0.1, 0.15) is 5.60 Å². The van der Waals surface area contributed by atoms with Crippen molar-refractivity contribution in [2.45, 2.75) is 68.1 Å². The van der Waals surface area contributed by atoms with Gasteiger partial charge in [0.05, 0.1) is 5.41 Å². The smallest absolute Gasteiger partial charge is 0.196 e. The molecule has 5 heteroatoms. The maximum absolute atomic E-state index is 13.2. The minimum absolute atomic E-state index is 0.0110. The molecular weight excluding hydrogens is 438 g/mol. The normalized spacial score (nSPS) is 32.7. The lowest BCUT2D eigenvalue weighted by Gasteiger charge is -2.63. The molecular formula is C30H33NO4. The number of aromatic hydroxyl groups is 1. The lowest BCUT2D eigenvalue weighted by atomic mass is 9.50. The van der Waals surface area contributed by atoms with Crippen LogP contribution in [0.2, 0.25) is 0 Å². The van der Waals surface area contributed by atoms with E-state index in [4.69, 9.17) is 9.47 Å². The summed E-state index contributed by atoms with van der Waals surface area (Å²) in [7, 11) is 0. The third-order valence-corrected chi connectivity index (χ3v) is 9.46. The second-order valence-electron chi connectivity index (χ2n) is 11.1. The number of phenols is 1. The van der Waals surface area contributed by atoms with Crippen LogP contribution in [0, 0.1) is 5.92 Å². The highest BCUT2D eigenvalue weighted by molar-refractivity contribution is 5.99. The van der Waals surface area contributed by atoms with Crippen LogP contribution < -0.4 is 4.74 Å². The Morgan fingerprint density at radius 2 is 2.00 bits per heavy atom. The number of ketones is 1. The van der Waals surface area contributed by atoms with Crippen molar-refractivity contribution in [2.24, 2.45) is 5.92 Å². The minimum atomic E-state index is -0.629. The number of carbonyl (C=O) groups excluding carboxylic acids is 1. The molecule has 1 saturated heterocycles. The van der Waals surface area contributed by atoms with Crippen molar-refractivity contribution in [1.29, 1.82) is 0 Å². The van der Waals surface area contributed by atoms with Gasteiger partial charge >= 0.3 is 0 Å². The summed E-state index contributed by atoms with van der Waals surface area (Å²) in [6.45, 7) is 2.66. The molecule has 5 nitrogen and oxygen atoms in total. The summed E-state index contributed by atoms with van der Waals surface area (Å²) in [5, 5.41) is 10.7. The molecule has 35 heavy (non-hydrogen) atoms. The van der Waals surface area contributed by atoms with E-state index in [0.29, 0.717) is 12.4 Å². The van der Waals surface area contributed by atoms with Crippen molar-refractivity contribution >= 4 is 5.78 Å². The van der Waals surface area contributed by atoms with Gasteiger partial charge in [0.25, 0.3) is 0 Å². The first-order valence-corrected chi connectivity index (χ1v) is 13.3. The van der Waals surface area contributed by atoms with Crippen LogP contribution in [-0.2, 0) is 27.8 Å². The predicted octanol–water partition coefficient (Wildman–Crippen LogP) is 4.35. The summed E-state index contributed by atoms with van der Waals surface area (Å²) in [4.78, 5) is 15.9. The van der Waals surface area contributed by atoms with E-state index in [2.05, 4.69) is 35.2 Å². The maximum Gasteiger partial charge on any atom is 0.196 e. The van der Waals surface area contributed by atoms with Crippen LogP contribution in [-0.4, -0.2) is 53.2 Å². The number of hydrogen-bond donors (Lipinski definition) is 1. The Bertz CT molecular complexity index is 1190. The van der Waals surface area contributed by atoms with E-state index in [1.165, 1.54) is 30.4 Å². The Hall–Kier alpha value is -2.63. The van der Waals surface area contributed by atoms with E-state index in [1.54, 1.807) is 12.1 Å². The van der Waals surface area contributed by atoms with Crippen molar-refractivity contribution in [1.82, 2.24) is 4.90 Å². The highest BCUT2D eigenvalue weighted by Gasteiger charge is 2.73. The molecule has 2 heterocycles. The molecule has 7 rings (SSSR count). The van der Waals surface area contributed by atoms with Crippen LogP contribution in [0.4, 0.5) is 0 Å². The summed E-state index contributed by atoms with van der Waals surface area (Å²) < 4.78 is 13.3. The molecule has 2 bridgehead atoms. The number of hydrogen-bond acceptors (Lipinski definition) is 5. The summed E-state index contributed by atoms with van der Waals surface area (Å²) >= 11 is 0. The number of benzene rings is 2. The third kappa shape index (κ3) is 2.98. The Morgan fingerprint density at radius 3 is 2.80 bits per heavy atom. The van der Waals surface area contributed by atoms with Gasteiger partial charge in [0.15, 0.2) is 23.4 Å². The molecule has 5 aliphatic rings. The van der Waals surface area contributed by atoms with Crippen LogP contribution in [0.15, 0.2) is 54.6 Å². The first-order valence-electron chi connectivity index (χ1n) is 13.3. The molecule has 182 valence electrons. The SMILES string of the molecule is O=C1C=C[C@@]2(OCCCc3ccccc3)[C@H]3Cc4ccc(O)c5c4[C@@]2(CCN3CC2CCC2)[C@H]1O5. The summed E-state index contributed by atoms with van der Waals surface area (Å²) in [5.74, 6) is 1.39. The topological polar surface area (TPSA) is 59.0 Å². The van der Waals surface area contributed by atoms with E-state index < -0.39 is 17.1 Å². The lowest BCUT2D eigenvalue weighted by Crippen LogP contribution is -2.76. The van der Waals surface area contributed by atoms with Gasteiger partial charge in [-0.05, 0) is 80.3 Å². The fraction of sp³-hybridized carbons (Fsp3) is 0.500. The van der Waals surface area contributed by atoms with Crippen LogP contribution in [0.25, 0.3) is 0 Å². The van der Waals surface area contributed by atoms with E-state index in [1.807, 2.05) is 12.1 Å². The van der Waals surface area contributed by atoms with Gasteiger partial charge in [0, 0.05) is 24.8 Å². The minimum Gasteiger partial charge on any atom is -0.504 e. The number of aryl methyl sites for hydroxylation is 1. The average molecular weight is 472 g/mol. The maximum atomic E-state index is 13.2. The lowest BCUT2D eigenvalue weighted by molar-refractivity contribution is -0.179. The van der Waals surface area contributed by atoms with Crippen molar-refractivity contribution in [3.63, 3.8) is 0 Å². The zero-order valence-corrected chi connectivity index (χ0v) is 20.1. The Labute approximate surface area is 206 Å². The highest BCUT2D eigenvalue weighted by atomic mass is 16.5. The molecule has 0 unspecified atom stereocenters. The number of carbonyl (C=O) groups is 1.